The van der Waals surface area contributed by atoms with Crippen LogP contribution in [-0.2, 0) is 14.4 Å². The highest BCUT2D eigenvalue weighted by Gasteiger charge is 2.46. The summed E-state index contributed by atoms with van der Waals surface area (Å²) in [5.41, 5.74) is 0.491. The number of ether oxygens (including phenoxy) is 1. The molecule has 6 nitrogen and oxygen atoms in total. The number of methoxy groups -OCH3 is 1. The van der Waals surface area contributed by atoms with Crippen molar-refractivity contribution < 1.29 is 19.1 Å². The monoisotopic (exact) mass is 378 g/mol. The number of carbonyl (C=O) groups excluding carboxylic acids is 3. The van der Waals surface area contributed by atoms with Gasteiger partial charge < -0.3 is 9.64 Å². The number of benzene rings is 1. The summed E-state index contributed by atoms with van der Waals surface area (Å²) in [6, 6.07) is 5.96. The standard InChI is InChI=1S/C19H23ClN2O4/c1-26-15-9-7-14(8-10-15)22-17(23)11-16(19(22)25)21(18(24)12-20)13-5-3-2-4-6-13/h7-10,13,16H,2-6,11-12H2,1H3/t16-/m1/s1. The molecule has 7 heteroatoms. The first-order valence-corrected chi connectivity index (χ1v) is 9.48. The van der Waals surface area contributed by atoms with Crippen molar-refractivity contribution in [3.8, 4) is 5.75 Å². The van der Waals surface area contributed by atoms with E-state index in [1.807, 2.05) is 0 Å². The van der Waals surface area contributed by atoms with Gasteiger partial charge in [-0.15, -0.1) is 11.6 Å². The van der Waals surface area contributed by atoms with Gasteiger partial charge in [-0.25, -0.2) is 4.90 Å². The molecule has 1 aromatic rings. The number of carbonyl (C=O) groups is 3. The third kappa shape index (κ3) is 3.56. The summed E-state index contributed by atoms with van der Waals surface area (Å²) >= 11 is 5.80. The largest absolute Gasteiger partial charge is 0.497 e. The zero-order valence-corrected chi connectivity index (χ0v) is 15.6. The fourth-order valence-electron chi connectivity index (χ4n) is 3.90. The molecule has 140 valence electrons. The van der Waals surface area contributed by atoms with Crippen LogP contribution in [0.5, 0.6) is 5.75 Å². The van der Waals surface area contributed by atoms with Crippen LogP contribution in [0.4, 0.5) is 5.69 Å². The molecule has 1 atom stereocenters. The van der Waals surface area contributed by atoms with E-state index in [-0.39, 0.29) is 36.1 Å². The van der Waals surface area contributed by atoms with E-state index in [0.717, 1.165) is 32.1 Å². The lowest BCUT2D eigenvalue weighted by molar-refractivity contribution is -0.139. The van der Waals surface area contributed by atoms with Crippen LogP contribution in [0.3, 0.4) is 0 Å². The SMILES string of the molecule is COc1ccc(N2C(=O)C[C@@H](N(C(=O)CCl)C3CCCCC3)C2=O)cc1. The van der Waals surface area contributed by atoms with Gasteiger partial charge in [-0.1, -0.05) is 19.3 Å². The van der Waals surface area contributed by atoms with Crippen LogP contribution < -0.4 is 9.64 Å². The second kappa shape index (κ2) is 8.08. The van der Waals surface area contributed by atoms with Crippen LogP contribution in [0.1, 0.15) is 38.5 Å². The lowest BCUT2D eigenvalue weighted by atomic mass is 9.92. The Morgan fingerprint density at radius 1 is 1.19 bits per heavy atom. The molecule has 0 unspecified atom stereocenters. The smallest absolute Gasteiger partial charge is 0.257 e. The summed E-state index contributed by atoms with van der Waals surface area (Å²) in [6.07, 6.45) is 4.88. The minimum absolute atomic E-state index is 0.00396. The van der Waals surface area contributed by atoms with Crippen molar-refractivity contribution >= 4 is 35.0 Å². The Morgan fingerprint density at radius 3 is 2.42 bits per heavy atom. The van der Waals surface area contributed by atoms with Crippen molar-refractivity contribution in [2.24, 2.45) is 0 Å². The fraction of sp³-hybridized carbons (Fsp3) is 0.526. The number of imide groups is 1. The lowest BCUT2D eigenvalue weighted by Gasteiger charge is -2.37. The number of halogens is 1. The van der Waals surface area contributed by atoms with Gasteiger partial charge in [-0.3, -0.25) is 14.4 Å². The molecule has 0 aromatic heterocycles. The Bertz CT molecular complexity index is 685. The molecule has 3 amide bonds. The van der Waals surface area contributed by atoms with E-state index in [0.29, 0.717) is 11.4 Å². The van der Waals surface area contributed by atoms with Crippen LogP contribution in [0.15, 0.2) is 24.3 Å². The minimum Gasteiger partial charge on any atom is -0.497 e. The van der Waals surface area contributed by atoms with Gasteiger partial charge in [0.2, 0.25) is 11.8 Å². The maximum Gasteiger partial charge on any atom is 0.257 e. The van der Waals surface area contributed by atoms with Crippen LogP contribution in [0.25, 0.3) is 0 Å². The maximum atomic E-state index is 13.0. The third-order valence-electron chi connectivity index (χ3n) is 5.16. The molecule has 1 aliphatic heterocycles. The van der Waals surface area contributed by atoms with Gasteiger partial charge in [-0.05, 0) is 37.1 Å². The molecule has 1 aromatic carbocycles. The fourth-order valence-corrected chi connectivity index (χ4v) is 4.03. The Morgan fingerprint density at radius 2 is 1.85 bits per heavy atom. The molecule has 1 heterocycles. The first-order chi connectivity index (χ1) is 12.6. The highest BCUT2D eigenvalue weighted by Crippen LogP contribution is 2.31. The van der Waals surface area contributed by atoms with E-state index in [9.17, 15) is 14.4 Å². The number of rotatable bonds is 5. The molecule has 0 bridgehead atoms. The van der Waals surface area contributed by atoms with Gasteiger partial charge in [0.15, 0.2) is 0 Å². The highest BCUT2D eigenvalue weighted by molar-refractivity contribution is 6.28. The van der Waals surface area contributed by atoms with Crippen LogP contribution in [0, 0.1) is 0 Å². The predicted octanol–water partition coefficient (Wildman–Crippen LogP) is 2.73. The Hall–Kier alpha value is -2.08. The molecule has 1 saturated carbocycles. The molecule has 0 spiro atoms. The van der Waals surface area contributed by atoms with E-state index >= 15 is 0 Å². The molecule has 2 fully saturated rings. The van der Waals surface area contributed by atoms with Crippen molar-refractivity contribution in [1.29, 1.82) is 0 Å². The average molecular weight is 379 g/mol. The number of anilines is 1. The number of alkyl halides is 1. The Labute approximate surface area is 158 Å². The summed E-state index contributed by atoms with van der Waals surface area (Å²) < 4.78 is 5.11. The molecule has 26 heavy (non-hydrogen) atoms. The molecule has 1 aliphatic carbocycles. The van der Waals surface area contributed by atoms with E-state index in [1.165, 1.54) is 4.90 Å². The van der Waals surface area contributed by atoms with Crippen molar-refractivity contribution in [2.45, 2.75) is 50.6 Å². The molecule has 2 aliphatic rings. The quantitative estimate of drug-likeness (QED) is 0.583. The minimum atomic E-state index is -0.765. The summed E-state index contributed by atoms with van der Waals surface area (Å²) in [5, 5.41) is 0. The molecule has 1 saturated heterocycles. The number of nitrogens with zero attached hydrogens (tertiary/aromatic N) is 2. The number of hydrogen-bond donors (Lipinski definition) is 0. The Kier molecular flexibility index (Phi) is 5.81. The van der Waals surface area contributed by atoms with Crippen LogP contribution in [-0.4, -0.2) is 47.7 Å². The zero-order valence-electron chi connectivity index (χ0n) is 14.8. The number of hydrogen-bond acceptors (Lipinski definition) is 4. The first-order valence-electron chi connectivity index (χ1n) is 8.94. The first kappa shape index (κ1) is 18.7. The van der Waals surface area contributed by atoms with Gasteiger partial charge >= 0.3 is 0 Å². The molecular formula is C19H23ClN2O4. The van der Waals surface area contributed by atoms with E-state index < -0.39 is 6.04 Å². The van der Waals surface area contributed by atoms with Crippen molar-refractivity contribution in [1.82, 2.24) is 4.90 Å². The van der Waals surface area contributed by atoms with E-state index in [1.54, 1.807) is 36.3 Å². The van der Waals surface area contributed by atoms with Crippen molar-refractivity contribution in [3.63, 3.8) is 0 Å². The summed E-state index contributed by atoms with van der Waals surface area (Å²) in [4.78, 5) is 40.8. The van der Waals surface area contributed by atoms with Gasteiger partial charge in [-0.2, -0.15) is 0 Å². The summed E-state index contributed by atoms with van der Waals surface area (Å²) in [7, 11) is 1.55. The van der Waals surface area contributed by atoms with Crippen LogP contribution in [0.2, 0.25) is 0 Å². The zero-order chi connectivity index (χ0) is 18.7. The predicted molar refractivity (Wildman–Crippen MR) is 98.3 cm³/mol. The van der Waals surface area contributed by atoms with Gasteiger partial charge in [0.25, 0.3) is 5.91 Å². The molecule has 0 radical (unpaired) electrons. The molecule has 3 rings (SSSR count). The van der Waals surface area contributed by atoms with Gasteiger partial charge in [0.1, 0.15) is 17.7 Å². The third-order valence-corrected chi connectivity index (χ3v) is 5.39. The van der Waals surface area contributed by atoms with Crippen molar-refractivity contribution in [3.05, 3.63) is 24.3 Å². The van der Waals surface area contributed by atoms with E-state index in [4.69, 9.17) is 16.3 Å². The molecular weight excluding hydrogens is 356 g/mol. The number of amides is 3. The normalized spacial score (nSPS) is 21.2. The lowest BCUT2D eigenvalue weighted by Crippen LogP contribution is -2.51. The summed E-state index contributed by atoms with van der Waals surface area (Å²) in [6.45, 7) is 0. The van der Waals surface area contributed by atoms with Crippen molar-refractivity contribution in [2.75, 3.05) is 17.9 Å². The van der Waals surface area contributed by atoms with E-state index in [2.05, 4.69) is 0 Å². The molecule has 0 N–H and O–H groups in total. The van der Waals surface area contributed by atoms with Gasteiger partial charge in [0.05, 0.1) is 19.2 Å². The van der Waals surface area contributed by atoms with Gasteiger partial charge in [0, 0.05) is 6.04 Å². The average Bonchev–Trinajstić information content (AvgIpc) is 2.96. The maximum absolute atomic E-state index is 13.0. The second-order valence-electron chi connectivity index (χ2n) is 6.71. The second-order valence-corrected chi connectivity index (χ2v) is 6.98. The highest BCUT2D eigenvalue weighted by atomic mass is 35.5. The topological polar surface area (TPSA) is 66.9 Å². The summed E-state index contributed by atoms with van der Waals surface area (Å²) in [5.74, 6) is -0.471. The van der Waals surface area contributed by atoms with Crippen LogP contribution >= 0.6 is 11.6 Å². The Balaban J connectivity index is 1.85.